The summed E-state index contributed by atoms with van der Waals surface area (Å²) in [5.41, 5.74) is 6.25. The highest BCUT2D eigenvalue weighted by Crippen LogP contribution is 2.31. The van der Waals surface area contributed by atoms with Gasteiger partial charge in [-0.3, -0.25) is 78.8 Å². The summed E-state index contributed by atoms with van der Waals surface area (Å²) < 4.78 is 34.3. The van der Waals surface area contributed by atoms with E-state index in [9.17, 15) is 62.8 Å². The first-order valence-electron chi connectivity index (χ1n) is 30.7. The Morgan fingerprint density at radius 1 is 0.753 bits per heavy atom. The van der Waals surface area contributed by atoms with Gasteiger partial charge in [0, 0.05) is 129 Å². The molecule has 2 aromatic carbocycles. The molecule has 0 bridgehead atoms. The van der Waals surface area contributed by atoms with Crippen molar-refractivity contribution in [2.75, 3.05) is 145 Å². The zero-order valence-corrected chi connectivity index (χ0v) is 51.3. The molecule has 0 spiro atoms. The second kappa shape index (κ2) is 37.0. The summed E-state index contributed by atoms with van der Waals surface area (Å²) in [5, 5.41) is 53.2. The smallest absolute Gasteiger partial charge is 0.317 e. The Morgan fingerprint density at radius 3 is 1.99 bits per heavy atom. The number of ether oxygens (including phenoxy) is 1. The molecular weight excluding hydrogens is 1160 g/mol. The first-order chi connectivity index (χ1) is 42.7. The zero-order valence-electron chi connectivity index (χ0n) is 51.3. The summed E-state index contributed by atoms with van der Waals surface area (Å²) in [7, 11) is 1.45. The van der Waals surface area contributed by atoms with Crippen LogP contribution in [-0.2, 0) is 35.2 Å². The first kappa shape index (κ1) is 70.7. The van der Waals surface area contributed by atoms with Gasteiger partial charge in [0.05, 0.1) is 63.0 Å². The number of alkyl halides is 2. The van der Waals surface area contributed by atoms with Crippen molar-refractivity contribution < 1.29 is 67.5 Å². The summed E-state index contributed by atoms with van der Waals surface area (Å²) in [4.78, 5) is 109. The fourth-order valence-corrected chi connectivity index (χ4v) is 10.9. The number of carboxylic acids is 3. The number of rotatable bonds is 33. The van der Waals surface area contributed by atoms with Gasteiger partial charge in [-0.15, -0.1) is 0 Å². The number of unbranched alkanes of at least 4 members (excludes halogenated alkanes) is 1. The van der Waals surface area contributed by atoms with Crippen molar-refractivity contribution in [3.05, 3.63) is 71.4 Å². The number of hydrogen-bond acceptors (Lipinski definition) is 19. The molecule has 28 heteroatoms. The summed E-state index contributed by atoms with van der Waals surface area (Å²) >= 11 is 0. The van der Waals surface area contributed by atoms with Crippen LogP contribution in [0.4, 0.5) is 8.78 Å². The van der Waals surface area contributed by atoms with Crippen LogP contribution in [0.3, 0.4) is 0 Å². The Kier molecular flexibility index (Phi) is 29.4. The lowest BCUT2D eigenvalue weighted by Gasteiger charge is -2.34. The summed E-state index contributed by atoms with van der Waals surface area (Å²) in [6.07, 6.45) is 7.89. The second-order valence-corrected chi connectivity index (χ2v) is 22.9. The van der Waals surface area contributed by atoms with Crippen LogP contribution in [-0.4, -0.2) is 283 Å². The molecule has 490 valence electrons. The number of carbonyl (C=O) groups is 7. The van der Waals surface area contributed by atoms with Crippen molar-refractivity contribution in [3.8, 4) is 5.75 Å². The van der Waals surface area contributed by atoms with E-state index in [-0.39, 0.29) is 102 Å². The van der Waals surface area contributed by atoms with Gasteiger partial charge in [-0.05, 0) is 94.7 Å². The van der Waals surface area contributed by atoms with E-state index < -0.39 is 73.6 Å². The predicted molar refractivity (Wildman–Crippen MR) is 330 cm³/mol. The fraction of sp³-hybridized carbons (Fsp3) is 0.607. The molecule has 26 nitrogen and oxygen atoms in total. The molecule has 89 heavy (non-hydrogen) atoms. The first-order valence-corrected chi connectivity index (χ1v) is 30.7. The van der Waals surface area contributed by atoms with E-state index in [1.54, 1.807) is 39.1 Å². The van der Waals surface area contributed by atoms with Gasteiger partial charge in [0.15, 0.2) is 0 Å². The molecule has 6 rings (SSSR count). The highest BCUT2D eigenvalue weighted by Gasteiger charge is 2.46. The third-order valence-corrected chi connectivity index (χ3v) is 15.8. The maximum atomic E-state index is 14.1. The Balaban J connectivity index is 0.949. The normalized spacial score (nSPS) is 18.6. The molecule has 4 amide bonds. The standard InChI is InChI=1S/C61H90F2N14O12/c1-45-12-14-46(15-13-45)8-5-10-53(78)66-19-4-3-9-52(69-54(79)40-72-23-25-73(41-57(82)83)27-29-75(43-59(86)87)30-28-74(26-24-72)42-58(84)85)70-68-20-6-11-55(80)76-33-31-71(32-34-76)22-7-35-89-48-16-17-51-50(36-48)49(18-21-65-51)60(88)67-39-56(81)77-44-61(62,63)37-47(77)38-64-2/h12-18,20-21,36,38,47,52-53,66,70,78H,3-11,19,22-35,37,39-44H2,1-2H3,(H,67,88)(H,69,79)(H,82,83)(H,84,85)(H,86,87)/b64-38?,68-20-/t47-,52-,53?/m1/s1. The molecular formula is C61H90F2N14O12. The number of fused-ring (bicyclic) bond motifs is 1. The number of carboxylic acid groups (broad SMARTS) is 3. The Labute approximate surface area is 518 Å². The van der Waals surface area contributed by atoms with Crippen LogP contribution >= 0.6 is 0 Å². The van der Waals surface area contributed by atoms with Gasteiger partial charge in [-0.25, -0.2) is 8.78 Å². The van der Waals surface area contributed by atoms with Crippen molar-refractivity contribution in [2.24, 2.45) is 10.1 Å². The van der Waals surface area contributed by atoms with E-state index in [4.69, 9.17) is 4.74 Å². The van der Waals surface area contributed by atoms with E-state index in [2.05, 4.69) is 65.6 Å². The minimum Gasteiger partial charge on any atom is -0.494 e. The number of halogens is 2. The number of aromatic nitrogens is 1. The predicted octanol–water partition coefficient (Wildman–Crippen LogP) is 1.50. The van der Waals surface area contributed by atoms with Gasteiger partial charge >= 0.3 is 17.9 Å². The van der Waals surface area contributed by atoms with Gasteiger partial charge in [0.1, 0.15) is 18.1 Å². The molecule has 3 saturated heterocycles. The van der Waals surface area contributed by atoms with Crippen LogP contribution in [0.5, 0.6) is 5.75 Å². The van der Waals surface area contributed by atoms with Crippen molar-refractivity contribution >= 4 is 64.9 Å². The van der Waals surface area contributed by atoms with Gasteiger partial charge < -0.3 is 45.6 Å². The van der Waals surface area contributed by atoms with Crippen LogP contribution in [0.2, 0.25) is 0 Å². The Morgan fingerprint density at radius 2 is 1.37 bits per heavy atom. The van der Waals surface area contributed by atoms with Crippen LogP contribution in [0, 0.1) is 6.92 Å². The number of aliphatic hydroxyl groups excluding tert-OH is 1. The maximum absolute atomic E-state index is 14.1. The number of nitrogens with zero attached hydrogens (tertiary/aromatic N) is 10. The van der Waals surface area contributed by atoms with Crippen LogP contribution in [0.25, 0.3) is 10.9 Å². The number of pyridine rings is 1. The van der Waals surface area contributed by atoms with Gasteiger partial charge in [0.25, 0.3) is 11.8 Å². The molecule has 3 aliphatic heterocycles. The van der Waals surface area contributed by atoms with E-state index in [1.165, 1.54) is 36.7 Å². The number of nitrogens with one attached hydrogen (secondary N) is 4. The minimum atomic E-state index is -3.05. The summed E-state index contributed by atoms with van der Waals surface area (Å²) in [6, 6.07) is 14.2. The van der Waals surface area contributed by atoms with Crippen molar-refractivity contribution in [1.29, 1.82) is 0 Å². The fourth-order valence-electron chi connectivity index (χ4n) is 10.9. The summed E-state index contributed by atoms with van der Waals surface area (Å²) in [5.74, 6) is -7.25. The number of piperazine rings is 1. The van der Waals surface area contributed by atoms with Gasteiger partial charge in [-0.1, -0.05) is 29.8 Å². The SMILES string of the molecule is CN=C[C@H]1CC(F)(F)CN1C(=O)CNC(=O)c1ccnc2ccc(OCCCN3CCN(C(=O)CC/C=N\N[C@H](CCCCNC(O)CCCc4ccc(C)cc4)NC(=O)CN4CCN(CC(=O)O)CCN(CC(=O)O)CCN(CC(=O)O)CC4)CC3)cc12. The number of hydrazone groups is 1. The zero-order chi connectivity index (χ0) is 64.1. The lowest BCUT2D eigenvalue weighted by Crippen LogP contribution is -2.51. The lowest BCUT2D eigenvalue weighted by atomic mass is 10.1. The number of hydrogen-bond donors (Lipinski definition) is 8. The van der Waals surface area contributed by atoms with E-state index in [0.717, 1.165) is 24.3 Å². The highest BCUT2D eigenvalue weighted by molar-refractivity contribution is 6.07. The molecule has 3 aromatic rings. The Bertz CT molecular complexity index is 2800. The maximum Gasteiger partial charge on any atom is 0.317 e. The number of likely N-dealkylation sites (tertiary alicyclic amines) is 1. The van der Waals surface area contributed by atoms with E-state index in [1.807, 2.05) is 16.7 Å². The highest BCUT2D eigenvalue weighted by atomic mass is 19.3. The third-order valence-electron chi connectivity index (χ3n) is 15.8. The minimum absolute atomic E-state index is 0.0149. The number of aliphatic imine (C=N–C) groups is 1. The van der Waals surface area contributed by atoms with Crippen LogP contribution in [0.1, 0.15) is 79.3 Å². The molecule has 0 aliphatic carbocycles. The third kappa shape index (κ3) is 26.0. The van der Waals surface area contributed by atoms with Crippen molar-refractivity contribution in [3.63, 3.8) is 0 Å². The van der Waals surface area contributed by atoms with Crippen molar-refractivity contribution in [2.45, 2.75) is 95.5 Å². The second-order valence-electron chi connectivity index (χ2n) is 22.9. The van der Waals surface area contributed by atoms with Crippen LogP contribution < -0.4 is 26.1 Å². The average Bonchev–Trinajstić information content (AvgIpc) is 3.84. The molecule has 3 aliphatic rings. The quantitative estimate of drug-likeness (QED) is 0.0185. The molecule has 4 heterocycles. The lowest BCUT2D eigenvalue weighted by molar-refractivity contribution is -0.140. The molecule has 1 unspecified atom stereocenters. The molecule has 0 saturated carbocycles. The molecule has 3 fully saturated rings. The molecule has 0 radical (unpaired) electrons. The summed E-state index contributed by atoms with van der Waals surface area (Å²) in [6.45, 7) is 6.00. The largest absolute Gasteiger partial charge is 0.494 e. The monoisotopic (exact) mass is 1250 g/mol. The number of aliphatic carboxylic acids is 3. The topological polar surface area (TPSA) is 318 Å². The molecule has 3 atom stereocenters. The average molecular weight is 1250 g/mol. The Hall–Kier alpha value is -7.34. The number of carbonyl (C=O) groups excluding carboxylic acids is 4. The van der Waals surface area contributed by atoms with Gasteiger partial charge in [0.2, 0.25) is 17.7 Å². The van der Waals surface area contributed by atoms with E-state index in [0.29, 0.717) is 94.5 Å². The van der Waals surface area contributed by atoms with E-state index >= 15 is 0 Å². The molecule has 8 N–H and O–H groups in total. The van der Waals surface area contributed by atoms with Gasteiger partial charge in [-0.2, -0.15) is 5.10 Å². The number of aliphatic hydroxyl groups is 1. The number of benzene rings is 2. The van der Waals surface area contributed by atoms with Crippen LogP contribution in [0.15, 0.2) is 64.8 Å². The number of amides is 4. The number of aryl methyl sites for hydroxylation is 2. The van der Waals surface area contributed by atoms with Crippen molar-refractivity contribution in [1.82, 2.24) is 60.7 Å². The molecule has 1 aromatic heterocycles.